The molecule has 3 rings (SSSR count). The molecule has 2 heterocycles. The van der Waals surface area contributed by atoms with Crippen LogP contribution in [0.4, 0.5) is 5.82 Å². The second-order valence-electron chi connectivity index (χ2n) is 4.91. The minimum Gasteiger partial charge on any atom is -0.393 e. The van der Waals surface area contributed by atoms with Crippen LogP contribution in [-0.2, 0) is 0 Å². The number of fused-ring (bicyclic) bond motifs is 1. The van der Waals surface area contributed by atoms with Crippen LogP contribution in [-0.4, -0.2) is 31.0 Å². The Morgan fingerprint density at radius 1 is 1.28 bits per heavy atom. The molecule has 96 valence electrons. The third-order valence-corrected chi connectivity index (χ3v) is 3.64. The predicted molar refractivity (Wildman–Crippen MR) is 67.9 cm³/mol. The van der Waals surface area contributed by atoms with Crippen molar-refractivity contribution in [3.05, 3.63) is 12.5 Å². The topological polar surface area (TPSA) is 89.9 Å². The van der Waals surface area contributed by atoms with Crippen molar-refractivity contribution in [2.24, 2.45) is 0 Å². The van der Waals surface area contributed by atoms with Crippen LogP contribution in [0.15, 0.2) is 12.5 Å². The summed E-state index contributed by atoms with van der Waals surface area (Å²) in [5.41, 5.74) is 6.57. The molecule has 6 nitrogen and oxygen atoms in total. The highest BCUT2D eigenvalue weighted by Gasteiger charge is 2.22. The van der Waals surface area contributed by atoms with Crippen LogP contribution in [0.25, 0.3) is 11.0 Å². The summed E-state index contributed by atoms with van der Waals surface area (Å²) in [6.45, 7) is 0. The standard InChI is InChI=1S/C12H17N5O/c13-11-10-6-16-17(12(10)15-7-14-11)8-3-1-2-4-9(18)5-8/h6-9,18H,1-5H2,(H2,13,14,15). The lowest BCUT2D eigenvalue weighted by Gasteiger charge is -2.17. The Morgan fingerprint density at radius 3 is 3.00 bits per heavy atom. The third kappa shape index (κ3) is 1.92. The van der Waals surface area contributed by atoms with Gasteiger partial charge in [-0.05, 0) is 19.3 Å². The molecule has 18 heavy (non-hydrogen) atoms. The van der Waals surface area contributed by atoms with E-state index in [1.54, 1.807) is 6.20 Å². The molecule has 0 bridgehead atoms. The van der Waals surface area contributed by atoms with E-state index in [1.807, 2.05) is 4.68 Å². The summed E-state index contributed by atoms with van der Waals surface area (Å²) in [6, 6.07) is 0.203. The Balaban J connectivity index is 2.00. The predicted octanol–water partition coefficient (Wildman–Crippen LogP) is 1.27. The first-order valence-corrected chi connectivity index (χ1v) is 6.37. The van der Waals surface area contributed by atoms with E-state index in [2.05, 4.69) is 15.1 Å². The third-order valence-electron chi connectivity index (χ3n) is 3.64. The molecule has 0 radical (unpaired) electrons. The lowest BCUT2D eigenvalue weighted by Crippen LogP contribution is -2.16. The summed E-state index contributed by atoms with van der Waals surface area (Å²) in [5.74, 6) is 0.459. The number of aromatic nitrogens is 4. The Bertz CT molecular complexity index is 552. The number of nitrogens with zero attached hydrogens (tertiary/aromatic N) is 4. The quantitative estimate of drug-likeness (QED) is 0.741. The van der Waals surface area contributed by atoms with Crippen molar-refractivity contribution in [2.75, 3.05) is 5.73 Å². The van der Waals surface area contributed by atoms with Gasteiger partial charge in [0.2, 0.25) is 0 Å². The van der Waals surface area contributed by atoms with Gasteiger partial charge in [-0.2, -0.15) is 5.10 Å². The summed E-state index contributed by atoms with van der Waals surface area (Å²) in [7, 11) is 0. The van der Waals surface area contributed by atoms with Gasteiger partial charge in [0.15, 0.2) is 5.65 Å². The summed E-state index contributed by atoms with van der Waals surface area (Å²) in [5, 5.41) is 15.1. The average Bonchev–Trinajstić information content (AvgIpc) is 2.67. The van der Waals surface area contributed by atoms with Crippen LogP contribution in [0.2, 0.25) is 0 Å². The molecule has 1 aliphatic rings. The van der Waals surface area contributed by atoms with E-state index < -0.39 is 0 Å². The highest BCUT2D eigenvalue weighted by atomic mass is 16.3. The maximum atomic E-state index is 9.89. The molecule has 6 heteroatoms. The molecule has 0 aliphatic heterocycles. The summed E-state index contributed by atoms with van der Waals surface area (Å²) in [4.78, 5) is 8.22. The fraction of sp³-hybridized carbons (Fsp3) is 0.583. The number of hydrogen-bond acceptors (Lipinski definition) is 5. The molecule has 0 spiro atoms. The molecule has 0 amide bonds. The van der Waals surface area contributed by atoms with E-state index in [0.29, 0.717) is 5.82 Å². The minimum atomic E-state index is -0.240. The van der Waals surface area contributed by atoms with Crippen molar-refractivity contribution in [2.45, 2.75) is 44.2 Å². The number of aliphatic hydroxyl groups is 1. The number of hydrogen-bond donors (Lipinski definition) is 2. The van der Waals surface area contributed by atoms with Crippen molar-refractivity contribution in [1.82, 2.24) is 19.7 Å². The lowest BCUT2D eigenvalue weighted by atomic mass is 10.1. The molecule has 1 saturated carbocycles. The van der Waals surface area contributed by atoms with Gasteiger partial charge in [0.25, 0.3) is 0 Å². The Labute approximate surface area is 105 Å². The van der Waals surface area contributed by atoms with Gasteiger partial charge in [-0.25, -0.2) is 14.6 Å². The van der Waals surface area contributed by atoms with Crippen molar-refractivity contribution in [1.29, 1.82) is 0 Å². The van der Waals surface area contributed by atoms with E-state index in [4.69, 9.17) is 5.73 Å². The molecule has 2 aromatic heterocycles. The zero-order chi connectivity index (χ0) is 12.5. The Morgan fingerprint density at radius 2 is 2.11 bits per heavy atom. The van der Waals surface area contributed by atoms with E-state index >= 15 is 0 Å². The van der Waals surface area contributed by atoms with Crippen molar-refractivity contribution in [3.63, 3.8) is 0 Å². The number of aliphatic hydroxyl groups excluding tert-OH is 1. The Hall–Kier alpha value is -1.69. The highest BCUT2D eigenvalue weighted by molar-refractivity contribution is 5.84. The second-order valence-corrected chi connectivity index (χ2v) is 4.91. The monoisotopic (exact) mass is 247 g/mol. The Kier molecular flexibility index (Phi) is 2.87. The van der Waals surface area contributed by atoms with Crippen LogP contribution in [0.5, 0.6) is 0 Å². The second kappa shape index (κ2) is 4.53. The van der Waals surface area contributed by atoms with Gasteiger partial charge in [-0.3, -0.25) is 0 Å². The zero-order valence-corrected chi connectivity index (χ0v) is 10.2. The maximum absolute atomic E-state index is 9.89. The molecule has 2 unspecified atom stereocenters. The number of nitrogens with two attached hydrogens (primary N) is 1. The van der Waals surface area contributed by atoms with Gasteiger partial charge in [-0.1, -0.05) is 12.8 Å². The van der Waals surface area contributed by atoms with Gasteiger partial charge >= 0.3 is 0 Å². The first kappa shape index (κ1) is 11.4. The molecule has 0 saturated heterocycles. The molecule has 1 fully saturated rings. The highest BCUT2D eigenvalue weighted by Crippen LogP contribution is 2.29. The van der Waals surface area contributed by atoms with Crippen molar-refractivity contribution >= 4 is 16.9 Å². The zero-order valence-electron chi connectivity index (χ0n) is 10.2. The SMILES string of the molecule is Nc1ncnc2c1cnn2C1CCCCC(O)C1. The fourth-order valence-electron chi connectivity index (χ4n) is 2.68. The summed E-state index contributed by atoms with van der Waals surface area (Å²) < 4.78 is 1.89. The number of nitrogen functional groups attached to an aromatic ring is 1. The van der Waals surface area contributed by atoms with Gasteiger partial charge in [0, 0.05) is 0 Å². The number of anilines is 1. The van der Waals surface area contributed by atoms with E-state index in [9.17, 15) is 5.11 Å². The van der Waals surface area contributed by atoms with Crippen molar-refractivity contribution in [3.8, 4) is 0 Å². The van der Waals surface area contributed by atoms with Crippen LogP contribution < -0.4 is 5.73 Å². The lowest BCUT2D eigenvalue weighted by molar-refractivity contribution is 0.141. The summed E-state index contributed by atoms with van der Waals surface area (Å²) in [6.07, 6.45) is 7.77. The van der Waals surface area contributed by atoms with Gasteiger partial charge in [0.05, 0.1) is 23.7 Å². The normalized spacial score (nSPS) is 25.2. The molecule has 2 atom stereocenters. The summed E-state index contributed by atoms with van der Waals surface area (Å²) >= 11 is 0. The van der Waals surface area contributed by atoms with Crippen LogP contribution >= 0.6 is 0 Å². The first-order chi connectivity index (χ1) is 8.75. The van der Waals surface area contributed by atoms with Gasteiger partial charge in [0.1, 0.15) is 12.1 Å². The first-order valence-electron chi connectivity index (χ1n) is 6.37. The van der Waals surface area contributed by atoms with E-state index in [1.165, 1.54) is 6.33 Å². The van der Waals surface area contributed by atoms with Crippen molar-refractivity contribution < 1.29 is 5.11 Å². The smallest absolute Gasteiger partial charge is 0.163 e. The molecule has 0 aromatic carbocycles. The van der Waals surface area contributed by atoms with Crippen LogP contribution in [0, 0.1) is 0 Å². The molecule has 1 aliphatic carbocycles. The maximum Gasteiger partial charge on any atom is 0.163 e. The fourth-order valence-corrected chi connectivity index (χ4v) is 2.68. The van der Waals surface area contributed by atoms with E-state index in [-0.39, 0.29) is 12.1 Å². The number of rotatable bonds is 1. The van der Waals surface area contributed by atoms with Gasteiger partial charge < -0.3 is 10.8 Å². The molecule has 3 N–H and O–H groups in total. The average molecular weight is 247 g/mol. The minimum absolute atomic E-state index is 0.203. The molecular formula is C12H17N5O. The van der Waals surface area contributed by atoms with Crippen LogP contribution in [0.1, 0.15) is 38.1 Å². The largest absolute Gasteiger partial charge is 0.393 e. The van der Waals surface area contributed by atoms with Crippen LogP contribution in [0.3, 0.4) is 0 Å². The molecule has 2 aromatic rings. The van der Waals surface area contributed by atoms with E-state index in [0.717, 1.165) is 43.1 Å². The molecular weight excluding hydrogens is 230 g/mol. The van der Waals surface area contributed by atoms with Gasteiger partial charge in [-0.15, -0.1) is 0 Å².